The SMILES string of the molecule is Cc1cccc2[nH]c(Cc3[nH]c4cccc(C)c4c3Cl)c(Cl)c12. The van der Waals surface area contributed by atoms with Crippen molar-refractivity contribution in [1.82, 2.24) is 9.97 Å². The minimum absolute atomic E-state index is 0.653. The van der Waals surface area contributed by atoms with E-state index in [1.165, 1.54) is 11.1 Å². The van der Waals surface area contributed by atoms with Gasteiger partial charge in [-0.05, 0) is 37.1 Å². The summed E-state index contributed by atoms with van der Waals surface area (Å²) in [6.45, 7) is 4.15. The highest BCUT2D eigenvalue weighted by atomic mass is 35.5. The molecule has 0 atom stereocenters. The van der Waals surface area contributed by atoms with E-state index < -0.39 is 0 Å². The molecule has 4 rings (SSSR count). The van der Waals surface area contributed by atoms with Crippen LogP contribution in [0.2, 0.25) is 10.0 Å². The van der Waals surface area contributed by atoms with Gasteiger partial charge in [0, 0.05) is 39.6 Å². The molecule has 23 heavy (non-hydrogen) atoms. The molecule has 2 N–H and O–H groups in total. The Bertz CT molecular complexity index is 957. The number of aromatic amines is 2. The molecule has 0 fully saturated rings. The Labute approximate surface area is 144 Å². The number of aryl methyl sites for hydroxylation is 2. The molecule has 116 valence electrons. The molecule has 2 nitrogen and oxygen atoms in total. The van der Waals surface area contributed by atoms with Gasteiger partial charge in [-0.1, -0.05) is 47.5 Å². The monoisotopic (exact) mass is 342 g/mol. The molecule has 0 unspecified atom stereocenters. The summed E-state index contributed by atoms with van der Waals surface area (Å²) in [5, 5.41) is 3.74. The summed E-state index contributed by atoms with van der Waals surface area (Å²) in [7, 11) is 0. The van der Waals surface area contributed by atoms with Gasteiger partial charge in [-0.2, -0.15) is 0 Å². The highest BCUT2D eigenvalue weighted by Crippen LogP contribution is 2.35. The number of H-pyrrole nitrogens is 2. The third kappa shape index (κ3) is 2.25. The largest absolute Gasteiger partial charge is 0.357 e. The lowest BCUT2D eigenvalue weighted by molar-refractivity contribution is 1.07. The Morgan fingerprint density at radius 1 is 0.739 bits per heavy atom. The zero-order chi connectivity index (χ0) is 16.1. The van der Waals surface area contributed by atoms with Gasteiger partial charge >= 0.3 is 0 Å². The van der Waals surface area contributed by atoms with Crippen LogP contribution in [0.5, 0.6) is 0 Å². The standard InChI is InChI=1S/C19H16Cl2N2/c1-10-5-3-7-12-16(10)18(20)14(22-12)9-15-19(21)17-11(2)6-4-8-13(17)23-15/h3-8,22-23H,9H2,1-2H3. The number of benzene rings is 2. The molecule has 0 aliphatic heterocycles. The Balaban J connectivity index is 1.85. The van der Waals surface area contributed by atoms with Gasteiger partial charge in [-0.15, -0.1) is 0 Å². The third-order valence-corrected chi connectivity index (χ3v) is 5.27. The molecule has 4 heteroatoms. The van der Waals surface area contributed by atoms with Gasteiger partial charge in [-0.3, -0.25) is 0 Å². The number of halogens is 2. The van der Waals surface area contributed by atoms with Crippen LogP contribution < -0.4 is 0 Å². The maximum atomic E-state index is 6.61. The topological polar surface area (TPSA) is 31.6 Å². The minimum Gasteiger partial charge on any atom is -0.357 e. The third-order valence-electron chi connectivity index (χ3n) is 4.44. The second kappa shape index (κ2) is 5.33. The van der Waals surface area contributed by atoms with Crippen LogP contribution in [0, 0.1) is 13.8 Å². The number of hydrogen-bond acceptors (Lipinski definition) is 0. The lowest BCUT2D eigenvalue weighted by Gasteiger charge is -1.99. The average Bonchev–Trinajstić information content (AvgIpc) is 3.00. The van der Waals surface area contributed by atoms with E-state index in [2.05, 4.69) is 48.1 Å². The lowest BCUT2D eigenvalue weighted by atomic mass is 10.1. The number of fused-ring (bicyclic) bond motifs is 2. The van der Waals surface area contributed by atoms with Crippen molar-refractivity contribution in [2.45, 2.75) is 20.3 Å². The first kappa shape index (κ1) is 14.7. The smallest absolute Gasteiger partial charge is 0.0698 e. The van der Waals surface area contributed by atoms with Crippen LogP contribution in [0.4, 0.5) is 0 Å². The fourth-order valence-electron chi connectivity index (χ4n) is 3.28. The summed E-state index contributed by atoms with van der Waals surface area (Å²) < 4.78 is 0. The average molecular weight is 343 g/mol. The van der Waals surface area contributed by atoms with Gasteiger partial charge < -0.3 is 9.97 Å². The van der Waals surface area contributed by atoms with E-state index in [-0.39, 0.29) is 0 Å². The van der Waals surface area contributed by atoms with E-state index in [0.717, 1.165) is 43.2 Å². The van der Waals surface area contributed by atoms with Crippen LogP contribution in [0.3, 0.4) is 0 Å². The van der Waals surface area contributed by atoms with E-state index in [1.54, 1.807) is 0 Å². The van der Waals surface area contributed by atoms with Crippen LogP contribution in [-0.2, 0) is 6.42 Å². The highest BCUT2D eigenvalue weighted by Gasteiger charge is 2.16. The minimum atomic E-state index is 0.653. The highest BCUT2D eigenvalue weighted by molar-refractivity contribution is 6.37. The van der Waals surface area contributed by atoms with E-state index in [1.807, 2.05) is 12.1 Å². The summed E-state index contributed by atoms with van der Waals surface area (Å²) in [5.41, 5.74) is 6.45. The van der Waals surface area contributed by atoms with Crippen molar-refractivity contribution in [3.8, 4) is 0 Å². The lowest BCUT2D eigenvalue weighted by Crippen LogP contribution is -1.90. The van der Waals surface area contributed by atoms with E-state index in [9.17, 15) is 0 Å². The van der Waals surface area contributed by atoms with Crippen molar-refractivity contribution in [3.63, 3.8) is 0 Å². The molecule has 0 bridgehead atoms. The van der Waals surface area contributed by atoms with Gasteiger partial charge in [0.25, 0.3) is 0 Å². The molecular formula is C19H16Cl2N2. The first-order valence-corrected chi connectivity index (χ1v) is 8.33. The Morgan fingerprint density at radius 3 is 1.57 bits per heavy atom. The zero-order valence-corrected chi connectivity index (χ0v) is 14.4. The molecule has 0 radical (unpaired) electrons. The van der Waals surface area contributed by atoms with E-state index in [4.69, 9.17) is 23.2 Å². The second-order valence-electron chi connectivity index (χ2n) is 6.01. The fourth-order valence-corrected chi connectivity index (χ4v) is 4.01. The van der Waals surface area contributed by atoms with Gasteiger partial charge in [0.05, 0.1) is 10.0 Å². The van der Waals surface area contributed by atoms with Gasteiger partial charge in [0.2, 0.25) is 0 Å². The predicted octanol–water partition coefficient (Wildman–Crippen LogP) is 6.16. The first-order valence-electron chi connectivity index (χ1n) is 7.57. The van der Waals surface area contributed by atoms with Crippen LogP contribution in [-0.4, -0.2) is 9.97 Å². The molecule has 0 amide bonds. The Hall–Kier alpha value is -1.90. The summed E-state index contributed by atoms with van der Waals surface area (Å²) >= 11 is 13.2. The maximum Gasteiger partial charge on any atom is 0.0698 e. The van der Waals surface area contributed by atoms with E-state index in [0.29, 0.717) is 6.42 Å². The summed E-state index contributed by atoms with van der Waals surface area (Å²) in [6.07, 6.45) is 0.653. The summed E-state index contributed by atoms with van der Waals surface area (Å²) in [4.78, 5) is 6.86. The van der Waals surface area contributed by atoms with Crippen LogP contribution in [0.1, 0.15) is 22.5 Å². The molecule has 0 aliphatic rings. The van der Waals surface area contributed by atoms with Gasteiger partial charge in [-0.25, -0.2) is 0 Å². The predicted molar refractivity (Wildman–Crippen MR) is 98.9 cm³/mol. The first-order chi connectivity index (χ1) is 11.1. The van der Waals surface area contributed by atoms with Crippen molar-refractivity contribution in [2.75, 3.05) is 0 Å². The Morgan fingerprint density at radius 2 is 1.17 bits per heavy atom. The molecule has 2 aromatic heterocycles. The quantitative estimate of drug-likeness (QED) is 0.437. The van der Waals surface area contributed by atoms with Crippen molar-refractivity contribution < 1.29 is 0 Å². The molecule has 2 aromatic carbocycles. The number of hydrogen-bond donors (Lipinski definition) is 2. The van der Waals surface area contributed by atoms with Crippen molar-refractivity contribution in [3.05, 3.63) is 69.0 Å². The molecular weight excluding hydrogens is 327 g/mol. The van der Waals surface area contributed by atoms with E-state index >= 15 is 0 Å². The summed E-state index contributed by atoms with van der Waals surface area (Å²) in [6, 6.07) is 12.3. The zero-order valence-electron chi connectivity index (χ0n) is 12.9. The molecule has 0 saturated carbocycles. The van der Waals surface area contributed by atoms with Crippen molar-refractivity contribution >= 4 is 45.0 Å². The number of nitrogens with one attached hydrogen (secondary N) is 2. The van der Waals surface area contributed by atoms with Crippen LogP contribution >= 0.6 is 23.2 Å². The van der Waals surface area contributed by atoms with Crippen molar-refractivity contribution in [2.24, 2.45) is 0 Å². The van der Waals surface area contributed by atoms with Crippen LogP contribution in [0.15, 0.2) is 36.4 Å². The van der Waals surface area contributed by atoms with Crippen molar-refractivity contribution in [1.29, 1.82) is 0 Å². The second-order valence-corrected chi connectivity index (χ2v) is 6.76. The number of aromatic nitrogens is 2. The summed E-state index contributed by atoms with van der Waals surface area (Å²) in [5.74, 6) is 0. The van der Waals surface area contributed by atoms with Gasteiger partial charge in [0.1, 0.15) is 0 Å². The normalized spacial score (nSPS) is 11.7. The molecule has 0 saturated heterocycles. The molecule has 4 aromatic rings. The number of rotatable bonds is 2. The van der Waals surface area contributed by atoms with Gasteiger partial charge in [0.15, 0.2) is 0 Å². The van der Waals surface area contributed by atoms with Crippen LogP contribution in [0.25, 0.3) is 21.8 Å². The maximum absolute atomic E-state index is 6.61. The fraction of sp³-hybridized carbons (Fsp3) is 0.158. The Kier molecular flexibility index (Phi) is 3.40. The molecule has 0 aliphatic carbocycles. The molecule has 2 heterocycles. The molecule has 0 spiro atoms.